The number of carboxylic acids is 1. The fraction of sp³-hybridized carbons (Fsp3) is 0.417. The quantitative estimate of drug-likeness (QED) is 0.834. The van der Waals surface area contributed by atoms with E-state index in [9.17, 15) is 17.6 Å². The Bertz CT molecular complexity index is 641. The average molecular weight is 319 g/mol. The van der Waals surface area contributed by atoms with Crippen molar-refractivity contribution in [3.05, 3.63) is 29.6 Å². The molecule has 0 spiro atoms. The van der Waals surface area contributed by atoms with Crippen LogP contribution in [0, 0.1) is 5.82 Å². The Morgan fingerprint density at radius 3 is 2.60 bits per heavy atom. The van der Waals surface area contributed by atoms with Crippen LogP contribution in [0.2, 0.25) is 0 Å². The molecule has 5 nitrogen and oxygen atoms in total. The fourth-order valence-electron chi connectivity index (χ4n) is 1.75. The van der Waals surface area contributed by atoms with Crippen molar-refractivity contribution in [1.82, 2.24) is 4.72 Å². The maximum atomic E-state index is 13.7. The van der Waals surface area contributed by atoms with Crippen LogP contribution in [-0.2, 0) is 10.0 Å². The SMILES string of the molecule is CSC1(CNS(=O)(=O)c2ccc(C(=O)O)cc2F)CC1. The van der Waals surface area contributed by atoms with Crippen LogP contribution in [0.15, 0.2) is 23.1 Å². The first kappa shape index (κ1) is 15.3. The van der Waals surface area contributed by atoms with Crippen LogP contribution in [0.1, 0.15) is 23.2 Å². The van der Waals surface area contributed by atoms with Gasteiger partial charge in [0.15, 0.2) is 0 Å². The molecule has 2 N–H and O–H groups in total. The van der Waals surface area contributed by atoms with Gasteiger partial charge in [0.1, 0.15) is 10.7 Å². The van der Waals surface area contributed by atoms with Gasteiger partial charge in [0.05, 0.1) is 5.56 Å². The molecule has 8 heteroatoms. The first-order valence-electron chi connectivity index (χ1n) is 5.87. The summed E-state index contributed by atoms with van der Waals surface area (Å²) in [5, 5.41) is 8.72. The lowest BCUT2D eigenvalue weighted by Crippen LogP contribution is -2.32. The third kappa shape index (κ3) is 3.13. The van der Waals surface area contributed by atoms with E-state index >= 15 is 0 Å². The molecule has 1 aromatic carbocycles. The molecular weight excluding hydrogens is 305 g/mol. The molecule has 1 aromatic rings. The van der Waals surface area contributed by atoms with E-state index in [0.717, 1.165) is 25.0 Å². The van der Waals surface area contributed by atoms with Crippen molar-refractivity contribution < 1.29 is 22.7 Å². The van der Waals surface area contributed by atoms with Crippen LogP contribution in [0.25, 0.3) is 0 Å². The summed E-state index contributed by atoms with van der Waals surface area (Å²) in [5.41, 5.74) is -0.288. The molecule has 0 unspecified atom stereocenters. The number of aromatic carboxylic acids is 1. The van der Waals surface area contributed by atoms with E-state index in [0.29, 0.717) is 6.07 Å². The van der Waals surface area contributed by atoms with Gasteiger partial charge in [-0.25, -0.2) is 22.3 Å². The molecular formula is C12H14FNO4S2. The molecule has 0 atom stereocenters. The summed E-state index contributed by atoms with van der Waals surface area (Å²) in [6.45, 7) is 0.247. The molecule has 1 aliphatic carbocycles. The Labute approximate surface area is 120 Å². The van der Waals surface area contributed by atoms with Crippen LogP contribution in [0.4, 0.5) is 4.39 Å². The summed E-state index contributed by atoms with van der Waals surface area (Å²) in [6.07, 6.45) is 3.76. The molecule has 110 valence electrons. The van der Waals surface area contributed by atoms with Crippen molar-refractivity contribution in [2.24, 2.45) is 0 Å². The maximum Gasteiger partial charge on any atom is 0.335 e. The summed E-state index contributed by atoms with van der Waals surface area (Å²) in [6, 6.07) is 2.75. The van der Waals surface area contributed by atoms with Gasteiger partial charge < -0.3 is 5.11 Å². The summed E-state index contributed by atoms with van der Waals surface area (Å²) in [7, 11) is -3.97. The van der Waals surface area contributed by atoms with Gasteiger partial charge in [0.2, 0.25) is 10.0 Å². The van der Waals surface area contributed by atoms with Crippen molar-refractivity contribution in [1.29, 1.82) is 0 Å². The minimum Gasteiger partial charge on any atom is -0.478 e. The zero-order valence-corrected chi connectivity index (χ0v) is 12.4. The van der Waals surface area contributed by atoms with E-state index in [2.05, 4.69) is 4.72 Å². The molecule has 0 saturated heterocycles. The molecule has 1 fully saturated rings. The highest BCUT2D eigenvalue weighted by atomic mass is 32.2. The number of sulfonamides is 1. The van der Waals surface area contributed by atoms with Gasteiger partial charge in [-0.15, -0.1) is 0 Å². The summed E-state index contributed by atoms with van der Waals surface area (Å²) >= 11 is 1.59. The van der Waals surface area contributed by atoms with E-state index in [1.807, 2.05) is 6.26 Å². The first-order valence-corrected chi connectivity index (χ1v) is 8.58. The lowest BCUT2D eigenvalue weighted by Gasteiger charge is -2.13. The minimum atomic E-state index is -3.97. The minimum absolute atomic E-state index is 0.0788. The van der Waals surface area contributed by atoms with Gasteiger partial charge in [-0.1, -0.05) is 0 Å². The third-order valence-corrected chi connectivity index (χ3v) is 6.15. The fourth-order valence-corrected chi connectivity index (χ4v) is 3.75. The Balaban J connectivity index is 2.19. The number of hydrogen-bond acceptors (Lipinski definition) is 4. The average Bonchev–Trinajstić information content (AvgIpc) is 3.17. The number of rotatable bonds is 6. The molecule has 0 bridgehead atoms. The van der Waals surface area contributed by atoms with E-state index < -0.39 is 26.7 Å². The highest BCUT2D eigenvalue weighted by molar-refractivity contribution is 8.00. The monoisotopic (exact) mass is 319 g/mol. The molecule has 1 saturated carbocycles. The topological polar surface area (TPSA) is 83.5 Å². The second-order valence-electron chi connectivity index (χ2n) is 4.66. The molecule has 0 aliphatic heterocycles. The smallest absolute Gasteiger partial charge is 0.335 e. The van der Waals surface area contributed by atoms with Crippen LogP contribution in [0.3, 0.4) is 0 Å². The molecule has 2 rings (SSSR count). The lowest BCUT2D eigenvalue weighted by molar-refractivity contribution is 0.0696. The predicted molar refractivity (Wildman–Crippen MR) is 74.0 cm³/mol. The number of carboxylic acid groups (broad SMARTS) is 1. The molecule has 0 amide bonds. The Hall–Kier alpha value is -1.12. The number of thioether (sulfide) groups is 1. The van der Waals surface area contributed by atoms with Crippen LogP contribution in [-0.4, -0.2) is 37.0 Å². The van der Waals surface area contributed by atoms with Gasteiger partial charge >= 0.3 is 5.97 Å². The van der Waals surface area contributed by atoms with Gasteiger partial charge in [0, 0.05) is 11.3 Å². The summed E-state index contributed by atoms with van der Waals surface area (Å²) in [5.74, 6) is -2.37. The molecule has 20 heavy (non-hydrogen) atoms. The Morgan fingerprint density at radius 2 is 2.15 bits per heavy atom. The molecule has 0 aromatic heterocycles. The molecule has 0 radical (unpaired) electrons. The van der Waals surface area contributed by atoms with E-state index in [4.69, 9.17) is 5.11 Å². The summed E-state index contributed by atoms with van der Waals surface area (Å²) < 4.78 is 40.1. The van der Waals surface area contributed by atoms with Crippen molar-refractivity contribution in [2.45, 2.75) is 22.5 Å². The highest BCUT2D eigenvalue weighted by Gasteiger charge is 2.42. The van der Waals surface area contributed by atoms with Crippen LogP contribution in [0.5, 0.6) is 0 Å². The largest absolute Gasteiger partial charge is 0.478 e. The van der Waals surface area contributed by atoms with Crippen molar-refractivity contribution in [3.8, 4) is 0 Å². The lowest BCUT2D eigenvalue weighted by atomic mass is 10.2. The van der Waals surface area contributed by atoms with Crippen LogP contribution >= 0.6 is 11.8 Å². The van der Waals surface area contributed by atoms with Gasteiger partial charge in [-0.3, -0.25) is 0 Å². The van der Waals surface area contributed by atoms with Crippen molar-refractivity contribution in [2.75, 3.05) is 12.8 Å². The van der Waals surface area contributed by atoms with E-state index in [1.54, 1.807) is 11.8 Å². The van der Waals surface area contributed by atoms with Crippen molar-refractivity contribution >= 4 is 27.8 Å². The number of carbonyl (C=O) groups is 1. The highest BCUT2D eigenvalue weighted by Crippen LogP contribution is 2.46. The van der Waals surface area contributed by atoms with E-state index in [1.165, 1.54) is 0 Å². The zero-order valence-electron chi connectivity index (χ0n) is 10.7. The number of halogens is 1. The summed E-state index contributed by atoms with van der Waals surface area (Å²) in [4.78, 5) is 10.2. The van der Waals surface area contributed by atoms with Crippen molar-refractivity contribution in [3.63, 3.8) is 0 Å². The Kier molecular flexibility index (Phi) is 4.08. The second kappa shape index (κ2) is 5.34. The number of nitrogens with one attached hydrogen (secondary N) is 1. The van der Waals surface area contributed by atoms with Gasteiger partial charge in [-0.2, -0.15) is 11.8 Å². The van der Waals surface area contributed by atoms with Crippen LogP contribution < -0.4 is 4.72 Å². The normalized spacial score (nSPS) is 16.9. The number of hydrogen-bond donors (Lipinski definition) is 2. The Morgan fingerprint density at radius 1 is 1.50 bits per heavy atom. The zero-order chi connectivity index (χ0) is 15.0. The maximum absolute atomic E-state index is 13.7. The van der Waals surface area contributed by atoms with Gasteiger partial charge in [0.25, 0.3) is 0 Å². The number of benzene rings is 1. The third-order valence-electron chi connectivity index (χ3n) is 3.29. The van der Waals surface area contributed by atoms with Gasteiger partial charge in [-0.05, 0) is 37.3 Å². The first-order chi connectivity index (χ1) is 9.30. The molecule has 1 aliphatic rings. The predicted octanol–water partition coefficient (Wildman–Crippen LogP) is 1.70. The van der Waals surface area contributed by atoms with E-state index in [-0.39, 0.29) is 16.9 Å². The molecule has 0 heterocycles. The second-order valence-corrected chi connectivity index (χ2v) is 7.67. The standard InChI is InChI=1S/C12H14FNO4S2/c1-19-12(4-5-12)7-14-20(17,18)10-3-2-8(11(15)16)6-9(10)13/h2-3,6,14H,4-5,7H2,1H3,(H,15,16).